The molecular weight excluding hydrogens is 361 g/mol. The average molecular weight is 382 g/mol. The number of benzene rings is 2. The van der Waals surface area contributed by atoms with Crippen molar-refractivity contribution in [2.45, 2.75) is 19.1 Å². The first-order chi connectivity index (χ1) is 12.1. The molecule has 0 saturated heterocycles. The zero-order valence-electron chi connectivity index (χ0n) is 14.1. The fraction of sp³-hybridized carbons (Fsp3) is 0.316. The molecule has 25 heavy (non-hydrogen) atoms. The van der Waals surface area contributed by atoms with E-state index in [1.807, 2.05) is 24.3 Å². The maximum atomic E-state index is 13.6. The average Bonchev–Trinajstić information content (AvgIpc) is 2.61. The molecule has 0 heterocycles. The molecule has 0 aliphatic carbocycles. The van der Waals surface area contributed by atoms with Gasteiger partial charge in [0.05, 0.1) is 12.3 Å². The van der Waals surface area contributed by atoms with Gasteiger partial charge in [-0.15, -0.1) is 11.8 Å². The van der Waals surface area contributed by atoms with Crippen molar-refractivity contribution in [1.29, 1.82) is 0 Å². The molecule has 3 nitrogen and oxygen atoms in total. The van der Waals surface area contributed by atoms with Gasteiger partial charge in [0.1, 0.15) is 18.2 Å². The highest BCUT2D eigenvalue weighted by atomic mass is 35.5. The van der Waals surface area contributed by atoms with Gasteiger partial charge in [0.25, 0.3) is 0 Å². The van der Waals surface area contributed by atoms with E-state index in [1.54, 1.807) is 12.1 Å². The number of hydrogen-bond donors (Lipinski definition) is 1. The Hall–Kier alpha value is -1.72. The number of halogens is 2. The van der Waals surface area contributed by atoms with Crippen molar-refractivity contribution in [3.63, 3.8) is 0 Å². The summed E-state index contributed by atoms with van der Waals surface area (Å²) in [5.74, 6) is 1.05. The molecule has 2 aromatic rings. The molecule has 0 spiro atoms. The lowest BCUT2D eigenvalue weighted by Gasteiger charge is -2.08. The Labute approximate surface area is 156 Å². The molecule has 0 fully saturated rings. The Kier molecular flexibility index (Phi) is 8.09. The van der Waals surface area contributed by atoms with Gasteiger partial charge in [-0.2, -0.15) is 0 Å². The molecule has 0 saturated carbocycles. The second-order valence-corrected chi connectivity index (χ2v) is 6.85. The lowest BCUT2D eigenvalue weighted by molar-refractivity contribution is -0.118. The first-order valence-electron chi connectivity index (χ1n) is 8.08. The Morgan fingerprint density at radius 2 is 2.00 bits per heavy atom. The molecule has 6 heteroatoms. The highest BCUT2D eigenvalue weighted by Crippen LogP contribution is 2.19. The number of carbonyl (C=O) groups is 1. The van der Waals surface area contributed by atoms with Gasteiger partial charge in [0.15, 0.2) is 0 Å². The summed E-state index contributed by atoms with van der Waals surface area (Å²) in [4.78, 5) is 11.8. The van der Waals surface area contributed by atoms with Crippen LogP contribution < -0.4 is 10.1 Å². The quantitative estimate of drug-likeness (QED) is 0.651. The maximum absolute atomic E-state index is 13.6. The normalized spacial score (nSPS) is 10.5. The molecule has 2 rings (SSSR count). The van der Waals surface area contributed by atoms with Gasteiger partial charge in [-0.25, -0.2) is 4.39 Å². The van der Waals surface area contributed by atoms with Crippen LogP contribution in [-0.2, 0) is 17.0 Å². The third-order valence-electron chi connectivity index (χ3n) is 3.53. The minimum atomic E-state index is -0.345. The van der Waals surface area contributed by atoms with Crippen molar-refractivity contribution >= 4 is 29.3 Å². The lowest BCUT2D eigenvalue weighted by atomic mass is 10.2. The van der Waals surface area contributed by atoms with Crippen molar-refractivity contribution in [3.8, 4) is 5.75 Å². The zero-order chi connectivity index (χ0) is 18.1. The molecule has 0 unspecified atom stereocenters. The second-order valence-electron chi connectivity index (χ2n) is 5.42. The van der Waals surface area contributed by atoms with Crippen LogP contribution in [0.25, 0.3) is 0 Å². The van der Waals surface area contributed by atoms with Gasteiger partial charge in [0.2, 0.25) is 5.91 Å². The van der Waals surface area contributed by atoms with Crippen molar-refractivity contribution in [2.24, 2.45) is 0 Å². The van der Waals surface area contributed by atoms with Gasteiger partial charge < -0.3 is 10.1 Å². The number of aryl methyl sites for hydroxylation is 1. The van der Waals surface area contributed by atoms with Crippen molar-refractivity contribution in [1.82, 2.24) is 5.32 Å². The van der Waals surface area contributed by atoms with Crippen molar-refractivity contribution in [2.75, 3.05) is 18.9 Å². The zero-order valence-corrected chi connectivity index (χ0v) is 15.6. The topological polar surface area (TPSA) is 38.3 Å². The molecule has 0 aromatic heterocycles. The van der Waals surface area contributed by atoms with Gasteiger partial charge in [-0.05, 0) is 41.8 Å². The summed E-state index contributed by atoms with van der Waals surface area (Å²) in [6.45, 7) is 2.95. The number of nitrogens with one attached hydrogen (secondary N) is 1. The highest BCUT2D eigenvalue weighted by Gasteiger charge is 2.06. The summed E-state index contributed by atoms with van der Waals surface area (Å²) in [7, 11) is 0. The molecule has 0 radical (unpaired) electrons. The van der Waals surface area contributed by atoms with Gasteiger partial charge in [-0.1, -0.05) is 36.7 Å². The highest BCUT2D eigenvalue weighted by molar-refractivity contribution is 7.99. The van der Waals surface area contributed by atoms with E-state index in [1.165, 1.54) is 23.4 Å². The molecule has 0 atom stereocenters. The molecular formula is C19H21ClFNO2S. The summed E-state index contributed by atoms with van der Waals surface area (Å²) in [5, 5.41) is 3.15. The fourth-order valence-electron chi connectivity index (χ4n) is 2.12. The second kappa shape index (κ2) is 10.3. The monoisotopic (exact) mass is 381 g/mol. The standard InChI is InChI=1S/C19H21ClFNO2S/c1-2-14-3-7-17(8-4-14)24-10-9-22-19(23)13-25-12-15-5-6-16(20)11-18(15)21/h3-8,11H,2,9-10,12-13H2,1H3,(H,22,23). The smallest absolute Gasteiger partial charge is 0.230 e. The van der Waals surface area contributed by atoms with E-state index in [0.717, 1.165) is 12.2 Å². The van der Waals surface area contributed by atoms with Crippen LogP contribution in [0.2, 0.25) is 5.02 Å². The Morgan fingerprint density at radius 1 is 1.24 bits per heavy atom. The summed E-state index contributed by atoms with van der Waals surface area (Å²) in [6, 6.07) is 12.5. The van der Waals surface area contributed by atoms with Crippen LogP contribution in [0.5, 0.6) is 5.75 Å². The SMILES string of the molecule is CCc1ccc(OCCNC(=O)CSCc2ccc(Cl)cc2F)cc1. The van der Waals surface area contributed by atoms with E-state index in [-0.39, 0.29) is 17.5 Å². The van der Waals surface area contributed by atoms with Crippen LogP contribution >= 0.6 is 23.4 Å². The third kappa shape index (κ3) is 6.96. The van der Waals surface area contributed by atoms with Crippen LogP contribution in [-0.4, -0.2) is 24.8 Å². The Morgan fingerprint density at radius 3 is 2.68 bits per heavy atom. The minimum Gasteiger partial charge on any atom is -0.492 e. The van der Waals surface area contributed by atoms with Crippen molar-refractivity contribution in [3.05, 3.63) is 64.4 Å². The van der Waals surface area contributed by atoms with E-state index in [4.69, 9.17) is 16.3 Å². The summed E-state index contributed by atoms with van der Waals surface area (Å²) in [6.07, 6.45) is 0.994. The summed E-state index contributed by atoms with van der Waals surface area (Å²) in [5.41, 5.74) is 1.80. The van der Waals surface area contributed by atoms with Crippen LogP contribution in [0.1, 0.15) is 18.1 Å². The Bertz CT molecular complexity index is 694. The molecule has 134 valence electrons. The van der Waals surface area contributed by atoms with Crippen LogP contribution in [0.3, 0.4) is 0 Å². The predicted molar refractivity (Wildman–Crippen MR) is 102 cm³/mol. The molecule has 1 amide bonds. The predicted octanol–water partition coefficient (Wildman–Crippen LogP) is 4.47. The summed E-state index contributed by atoms with van der Waals surface area (Å²) < 4.78 is 19.2. The first-order valence-corrected chi connectivity index (χ1v) is 9.62. The van der Waals surface area contributed by atoms with Crippen molar-refractivity contribution < 1.29 is 13.9 Å². The maximum Gasteiger partial charge on any atom is 0.230 e. The largest absolute Gasteiger partial charge is 0.492 e. The molecule has 0 aliphatic heterocycles. The third-order valence-corrected chi connectivity index (χ3v) is 4.75. The first kappa shape index (κ1) is 19.6. The van der Waals surface area contributed by atoms with Crippen LogP contribution in [0.4, 0.5) is 4.39 Å². The number of rotatable bonds is 9. The number of thioether (sulfide) groups is 1. The number of ether oxygens (including phenoxy) is 1. The summed E-state index contributed by atoms with van der Waals surface area (Å²) >= 11 is 7.07. The van der Waals surface area contributed by atoms with Gasteiger partial charge in [-0.3, -0.25) is 4.79 Å². The molecule has 2 aromatic carbocycles. The number of carbonyl (C=O) groups excluding carboxylic acids is 1. The number of hydrogen-bond acceptors (Lipinski definition) is 3. The molecule has 1 N–H and O–H groups in total. The minimum absolute atomic E-state index is 0.0932. The van der Waals surface area contributed by atoms with E-state index in [0.29, 0.717) is 29.5 Å². The fourth-order valence-corrected chi connectivity index (χ4v) is 3.13. The molecule has 0 aliphatic rings. The number of amides is 1. The van der Waals surface area contributed by atoms with E-state index in [9.17, 15) is 9.18 Å². The van der Waals surface area contributed by atoms with Gasteiger partial charge in [0, 0.05) is 10.8 Å². The van der Waals surface area contributed by atoms with Crippen LogP contribution in [0, 0.1) is 5.82 Å². The van der Waals surface area contributed by atoms with E-state index >= 15 is 0 Å². The Balaban J connectivity index is 1.60. The van der Waals surface area contributed by atoms with E-state index < -0.39 is 0 Å². The molecule has 0 bridgehead atoms. The van der Waals surface area contributed by atoms with Crippen LogP contribution in [0.15, 0.2) is 42.5 Å². The lowest BCUT2D eigenvalue weighted by Crippen LogP contribution is -2.29. The van der Waals surface area contributed by atoms with E-state index in [2.05, 4.69) is 12.2 Å². The van der Waals surface area contributed by atoms with Gasteiger partial charge >= 0.3 is 0 Å².